The Morgan fingerprint density at radius 1 is 1.29 bits per heavy atom. The van der Waals surface area contributed by atoms with E-state index in [0.717, 1.165) is 19.1 Å². The summed E-state index contributed by atoms with van der Waals surface area (Å²) in [6.45, 7) is -2.24. The third-order valence-electron chi connectivity index (χ3n) is 1.94. The van der Waals surface area contributed by atoms with E-state index in [9.17, 15) is 22.4 Å². The Morgan fingerprint density at radius 3 is 2.29 bits per heavy atom. The number of alkyl halides is 4. The number of hydrogen-bond donors (Lipinski definition) is 0. The number of halogens is 5. The van der Waals surface area contributed by atoms with E-state index < -0.39 is 35.7 Å². The van der Waals surface area contributed by atoms with Gasteiger partial charge in [0.05, 0.1) is 16.1 Å². The zero-order chi connectivity index (χ0) is 13.2. The van der Waals surface area contributed by atoms with Crippen LogP contribution >= 0.6 is 11.6 Å². The first-order valence-electron chi connectivity index (χ1n) is 4.41. The maximum absolute atomic E-state index is 12.7. The molecule has 94 valence electrons. The van der Waals surface area contributed by atoms with Gasteiger partial charge in [0.25, 0.3) is 6.43 Å². The summed E-state index contributed by atoms with van der Waals surface area (Å²) in [5.74, 6) is -1.43. The molecule has 0 aromatic heterocycles. The Bertz CT molecular complexity index is 435. The molecular formula is C10H7ClF4O2. The summed E-state index contributed by atoms with van der Waals surface area (Å²) in [6.07, 6.45) is -3.05. The van der Waals surface area contributed by atoms with E-state index in [1.54, 1.807) is 0 Å². The molecule has 1 aromatic carbocycles. The molecular weight excluding hydrogens is 264 g/mol. The van der Waals surface area contributed by atoms with Crippen LogP contribution in [0, 0.1) is 0 Å². The van der Waals surface area contributed by atoms with Gasteiger partial charge < -0.3 is 4.74 Å². The van der Waals surface area contributed by atoms with E-state index in [2.05, 4.69) is 4.74 Å². The van der Waals surface area contributed by atoms with Crippen molar-refractivity contribution in [3.8, 4) is 5.75 Å². The lowest BCUT2D eigenvalue weighted by atomic mass is 10.0. The number of benzene rings is 1. The van der Waals surface area contributed by atoms with Crippen LogP contribution in [0.3, 0.4) is 0 Å². The van der Waals surface area contributed by atoms with Crippen LogP contribution in [0.25, 0.3) is 0 Å². The van der Waals surface area contributed by atoms with Gasteiger partial charge in [-0.05, 0) is 19.1 Å². The summed E-state index contributed by atoms with van der Waals surface area (Å²) in [4.78, 5) is 11.2. The quantitative estimate of drug-likeness (QED) is 0.609. The van der Waals surface area contributed by atoms with Crippen molar-refractivity contribution in [3.05, 3.63) is 28.3 Å². The van der Waals surface area contributed by atoms with Gasteiger partial charge in [-0.15, -0.1) is 0 Å². The van der Waals surface area contributed by atoms with Crippen LogP contribution in [0.5, 0.6) is 5.75 Å². The van der Waals surface area contributed by atoms with E-state index in [4.69, 9.17) is 11.6 Å². The van der Waals surface area contributed by atoms with Crippen LogP contribution in [0.4, 0.5) is 17.6 Å². The molecule has 0 aliphatic heterocycles. The van der Waals surface area contributed by atoms with Crippen molar-refractivity contribution in [1.82, 2.24) is 0 Å². The molecule has 0 fully saturated rings. The van der Waals surface area contributed by atoms with Crippen LogP contribution < -0.4 is 4.74 Å². The van der Waals surface area contributed by atoms with Crippen molar-refractivity contribution in [2.24, 2.45) is 0 Å². The van der Waals surface area contributed by atoms with E-state index in [1.165, 1.54) is 0 Å². The van der Waals surface area contributed by atoms with Crippen molar-refractivity contribution in [1.29, 1.82) is 0 Å². The standard InChI is InChI=1S/C10H7ClF4O2/c1-4(16)7-6(17-10(14)15)3-2-5(11)8(7)9(12)13/h2-3,9-10H,1H3. The Hall–Kier alpha value is -1.30. The summed E-state index contributed by atoms with van der Waals surface area (Å²) < 4.78 is 53.5. The minimum atomic E-state index is -3.21. The normalized spacial score (nSPS) is 11.1. The summed E-state index contributed by atoms with van der Waals surface area (Å²) in [7, 11) is 0. The van der Waals surface area contributed by atoms with Gasteiger partial charge in [0.1, 0.15) is 5.75 Å². The molecule has 0 saturated heterocycles. The topological polar surface area (TPSA) is 26.3 Å². The first-order valence-corrected chi connectivity index (χ1v) is 4.78. The molecule has 0 saturated carbocycles. The highest BCUT2D eigenvalue weighted by molar-refractivity contribution is 6.32. The van der Waals surface area contributed by atoms with Crippen molar-refractivity contribution >= 4 is 17.4 Å². The molecule has 0 bridgehead atoms. The second kappa shape index (κ2) is 5.35. The lowest BCUT2D eigenvalue weighted by Gasteiger charge is -2.14. The number of ketones is 1. The molecule has 0 N–H and O–H groups in total. The summed E-state index contributed by atoms with van der Waals surface area (Å²) in [5.41, 5.74) is -1.41. The smallest absolute Gasteiger partial charge is 0.387 e. The van der Waals surface area contributed by atoms with Crippen LogP contribution in [0.2, 0.25) is 5.02 Å². The minimum Gasteiger partial charge on any atom is -0.434 e. The second-order valence-electron chi connectivity index (χ2n) is 3.07. The summed E-state index contributed by atoms with van der Waals surface area (Å²) in [6, 6.07) is 1.93. The summed E-state index contributed by atoms with van der Waals surface area (Å²) in [5, 5.41) is -0.369. The van der Waals surface area contributed by atoms with E-state index in [1.807, 2.05) is 0 Å². The molecule has 1 aromatic rings. The van der Waals surface area contributed by atoms with E-state index >= 15 is 0 Å². The minimum absolute atomic E-state index is 0.369. The molecule has 0 spiro atoms. The van der Waals surface area contributed by atoms with Crippen LogP contribution in [-0.2, 0) is 0 Å². The van der Waals surface area contributed by atoms with E-state index in [-0.39, 0.29) is 5.02 Å². The van der Waals surface area contributed by atoms with Gasteiger partial charge in [0.2, 0.25) is 0 Å². The fraction of sp³-hybridized carbons (Fsp3) is 0.300. The molecule has 0 unspecified atom stereocenters. The van der Waals surface area contributed by atoms with Crippen molar-refractivity contribution in [2.75, 3.05) is 0 Å². The van der Waals surface area contributed by atoms with Gasteiger partial charge in [-0.25, -0.2) is 8.78 Å². The van der Waals surface area contributed by atoms with Gasteiger partial charge >= 0.3 is 6.61 Å². The molecule has 0 radical (unpaired) electrons. The molecule has 7 heteroatoms. The predicted molar refractivity (Wildman–Crippen MR) is 53.0 cm³/mol. The van der Waals surface area contributed by atoms with Crippen LogP contribution in [-0.4, -0.2) is 12.4 Å². The monoisotopic (exact) mass is 270 g/mol. The van der Waals surface area contributed by atoms with E-state index in [0.29, 0.717) is 0 Å². The molecule has 17 heavy (non-hydrogen) atoms. The third kappa shape index (κ3) is 3.09. The SMILES string of the molecule is CC(=O)c1c(OC(F)F)ccc(Cl)c1C(F)F. The molecule has 0 amide bonds. The van der Waals surface area contributed by atoms with Crippen LogP contribution in [0.1, 0.15) is 29.3 Å². The maximum atomic E-state index is 12.7. The second-order valence-corrected chi connectivity index (χ2v) is 3.48. The Morgan fingerprint density at radius 2 is 1.88 bits per heavy atom. The molecule has 0 atom stereocenters. The average molecular weight is 271 g/mol. The van der Waals surface area contributed by atoms with Crippen molar-refractivity contribution in [2.45, 2.75) is 20.0 Å². The first kappa shape index (κ1) is 13.8. The molecule has 2 nitrogen and oxygen atoms in total. The molecule has 0 aliphatic carbocycles. The fourth-order valence-corrected chi connectivity index (χ4v) is 1.58. The lowest BCUT2D eigenvalue weighted by Crippen LogP contribution is -2.09. The van der Waals surface area contributed by atoms with Gasteiger partial charge in [-0.1, -0.05) is 11.6 Å². The highest BCUT2D eigenvalue weighted by Crippen LogP contribution is 2.36. The number of rotatable bonds is 4. The lowest BCUT2D eigenvalue weighted by molar-refractivity contribution is -0.0503. The zero-order valence-electron chi connectivity index (χ0n) is 8.52. The van der Waals surface area contributed by atoms with Gasteiger partial charge in [-0.2, -0.15) is 8.78 Å². The number of carbonyl (C=O) groups excluding carboxylic acids is 1. The Labute approximate surface area is 99.1 Å². The average Bonchev–Trinajstić information content (AvgIpc) is 2.18. The number of carbonyl (C=O) groups is 1. The van der Waals surface area contributed by atoms with Crippen LogP contribution in [0.15, 0.2) is 12.1 Å². The Balaban J connectivity index is 3.42. The number of ether oxygens (including phenoxy) is 1. The first-order chi connectivity index (χ1) is 7.84. The maximum Gasteiger partial charge on any atom is 0.387 e. The highest BCUT2D eigenvalue weighted by atomic mass is 35.5. The van der Waals surface area contributed by atoms with Crippen molar-refractivity contribution < 1.29 is 27.1 Å². The predicted octanol–water partition coefficient (Wildman–Crippen LogP) is 4.08. The molecule has 1 rings (SSSR count). The third-order valence-corrected chi connectivity index (χ3v) is 2.27. The van der Waals surface area contributed by atoms with Gasteiger partial charge in [0, 0.05) is 0 Å². The van der Waals surface area contributed by atoms with Crippen molar-refractivity contribution in [3.63, 3.8) is 0 Å². The fourth-order valence-electron chi connectivity index (χ4n) is 1.34. The zero-order valence-corrected chi connectivity index (χ0v) is 9.27. The summed E-state index contributed by atoms with van der Waals surface area (Å²) >= 11 is 5.50. The van der Waals surface area contributed by atoms with Gasteiger partial charge in [0.15, 0.2) is 5.78 Å². The molecule has 0 heterocycles. The highest BCUT2D eigenvalue weighted by Gasteiger charge is 2.25. The van der Waals surface area contributed by atoms with Gasteiger partial charge in [-0.3, -0.25) is 4.79 Å². The molecule has 0 aliphatic rings. The Kier molecular flexibility index (Phi) is 4.34. The number of hydrogen-bond acceptors (Lipinski definition) is 2. The number of Topliss-reactive ketones (excluding diaryl/α,β-unsaturated/α-hetero) is 1. The largest absolute Gasteiger partial charge is 0.434 e.